The molecular formula is C13H15N3O2S. The molecule has 2 heterocycles. The minimum absolute atomic E-state index is 0.155. The Kier molecular flexibility index (Phi) is 2.89. The Morgan fingerprint density at radius 3 is 2.84 bits per heavy atom. The smallest absolute Gasteiger partial charge is 0.274 e. The maximum atomic E-state index is 12.5. The summed E-state index contributed by atoms with van der Waals surface area (Å²) in [4.78, 5) is 30.3. The van der Waals surface area contributed by atoms with Gasteiger partial charge in [0.2, 0.25) is 5.91 Å². The predicted octanol–water partition coefficient (Wildman–Crippen LogP) is 1.74. The summed E-state index contributed by atoms with van der Waals surface area (Å²) in [6.45, 7) is 3.12. The number of carbonyl (C=O) groups excluding carboxylic acids is 1. The van der Waals surface area contributed by atoms with Crippen LogP contribution in [-0.4, -0.2) is 15.6 Å². The van der Waals surface area contributed by atoms with Gasteiger partial charge in [0.25, 0.3) is 5.56 Å². The lowest BCUT2D eigenvalue weighted by Crippen LogP contribution is -2.34. The molecule has 1 aliphatic carbocycles. The average Bonchev–Trinajstić information content (AvgIpc) is 2.72. The number of amides is 1. The van der Waals surface area contributed by atoms with E-state index in [2.05, 4.69) is 10.4 Å². The number of fused-ring (bicyclic) bond motifs is 3. The third-order valence-corrected chi connectivity index (χ3v) is 4.61. The molecule has 3 rings (SSSR count). The molecule has 0 saturated carbocycles. The van der Waals surface area contributed by atoms with Crippen molar-refractivity contribution in [3.8, 4) is 0 Å². The van der Waals surface area contributed by atoms with E-state index in [0.29, 0.717) is 11.2 Å². The molecule has 6 heteroatoms. The molecule has 5 nitrogen and oxygen atoms in total. The van der Waals surface area contributed by atoms with Gasteiger partial charge >= 0.3 is 0 Å². The Balaban J connectivity index is 2.30. The summed E-state index contributed by atoms with van der Waals surface area (Å²) in [7, 11) is 0. The lowest BCUT2D eigenvalue weighted by molar-refractivity contribution is -0.115. The SMILES string of the molecule is CC(=O)Nn1c(C)nc2sc3c(c2c1=O)CCCC3. The summed E-state index contributed by atoms with van der Waals surface area (Å²) in [6.07, 6.45) is 4.27. The second-order valence-electron chi connectivity index (χ2n) is 4.86. The average molecular weight is 277 g/mol. The number of rotatable bonds is 1. The molecule has 1 aliphatic rings. The van der Waals surface area contributed by atoms with Crippen molar-refractivity contribution in [2.45, 2.75) is 39.5 Å². The Morgan fingerprint density at radius 2 is 2.11 bits per heavy atom. The quantitative estimate of drug-likeness (QED) is 0.863. The van der Waals surface area contributed by atoms with Crippen LogP contribution in [0.1, 0.15) is 36.0 Å². The first-order valence-corrected chi connectivity index (χ1v) is 7.21. The van der Waals surface area contributed by atoms with Gasteiger partial charge in [-0.25, -0.2) is 9.66 Å². The molecule has 0 unspecified atom stereocenters. The summed E-state index contributed by atoms with van der Waals surface area (Å²) in [6, 6.07) is 0. The first-order valence-electron chi connectivity index (χ1n) is 6.39. The molecule has 0 spiro atoms. The van der Waals surface area contributed by atoms with E-state index >= 15 is 0 Å². The minimum Gasteiger partial charge on any atom is -0.274 e. The van der Waals surface area contributed by atoms with Gasteiger partial charge in [0.1, 0.15) is 10.7 Å². The second kappa shape index (κ2) is 4.45. The Labute approximate surface area is 114 Å². The number of nitrogens with one attached hydrogen (secondary N) is 1. The standard InChI is InChI=1S/C13H15N3O2S/c1-7-14-12-11(13(18)16(7)15-8(2)17)9-5-3-4-6-10(9)19-12/h3-6H2,1-2H3,(H,15,17). The van der Waals surface area contributed by atoms with Crippen LogP contribution in [0.15, 0.2) is 4.79 Å². The van der Waals surface area contributed by atoms with Crippen LogP contribution < -0.4 is 11.0 Å². The zero-order chi connectivity index (χ0) is 13.6. The predicted molar refractivity (Wildman–Crippen MR) is 75.3 cm³/mol. The van der Waals surface area contributed by atoms with Gasteiger partial charge in [-0.1, -0.05) is 0 Å². The monoisotopic (exact) mass is 277 g/mol. The molecule has 0 bridgehead atoms. The molecule has 0 saturated heterocycles. The highest BCUT2D eigenvalue weighted by Gasteiger charge is 2.21. The summed E-state index contributed by atoms with van der Waals surface area (Å²) in [5.74, 6) is 0.252. The van der Waals surface area contributed by atoms with Gasteiger partial charge in [-0.2, -0.15) is 0 Å². The van der Waals surface area contributed by atoms with Crippen molar-refractivity contribution in [2.75, 3.05) is 5.43 Å². The van der Waals surface area contributed by atoms with Crippen LogP contribution in [0.4, 0.5) is 0 Å². The summed E-state index contributed by atoms with van der Waals surface area (Å²) >= 11 is 1.62. The fourth-order valence-corrected chi connectivity index (χ4v) is 3.89. The Bertz CT molecular complexity index is 730. The summed E-state index contributed by atoms with van der Waals surface area (Å²) in [5, 5.41) is 0.694. The van der Waals surface area contributed by atoms with E-state index in [1.807, 2.05) is 0 Å². The highest BCUT2D eigenvalue weighted by molar-refractivity contribution is 7.18. The van der Waals surface area contributed by atoms with E-state index in [1.165, 1.54) is 22.9 Å². The van der Waals surface area contributed by atoms with Gasteiger partial charge in [-0.15, -0.1) is 11.3 Å². The Hall–Kier alpha value is -1.69. The van der Waals surface area contributed by atoms with Gasteiger partial charge < -0.3 is 0 Å². The van der Waals surface area contributed by atoms with Crippen LogP contribution in [0.5, 0.6) is 0 Å². The van der Waals surface area contributed by atoms with Crippen LogP contribution in [0.25, 0.3) is 10.2 Å². The van der Waals surface area contributed by atoms with Crippen LogP contribution >= 0.6 is 11.3 Å². The normalized spacial score (nSPS) is 14.4. The van der Waals surface area contributed by atoms with E-state index in [1.54, 1.807) is 18.3 Å². The molecule has 1 amide bonds. The molecule has 0 radical (unpaired) electrons. The molecule has 0 aromatic carbocycles. The van der Waals surface area contributed by atoms with Gasteiger partial charge in [0, 0.05) is 11.8 Å². The zero-order valence-corrected chi connectivity index (χ0v) is 11.8. The molecule has 19 heavy (non-hydrogen) atoms. The van der Waals surface area contributed by atoms with Gasteiger partial charge in [-0.3, -0.25) is 15.0 Å². The lowest BCUT2D eigenvalue weighted by Gasteiger charge is -2.11. The van der Waals surface area contributed by atoms with Crippen LogP contribution in [-0.2, 0) is 17.6 Å². The molecule has 1 N–H and O–H groups in total. The zero-order valence-electron chi connectivity index (χ0n) is 10.9. The maximum Gasteiger partial charge on any atom is 0.281 e. The van der Waals surface area contributed by atoms with Crippen molar-refractivity contribution in [3.63, 3.8) is 0 Å². The number of hydrogen-bond acceptors (Lipinski definition) is 4. The van der Waals surface area contributed by atoms with E-state index in [0.717, 1.165) is 29.7 Å². The highest BCUT2D eigenvalue weighted by Crippen LogP contribution is 2.33. The highest BCUT2D eigenvalue weighted by atomic mass is 32.1. The van der Waals surface area contributed by atoms with E-state index in [9.17, 15) is 9.59 Å². The van der Waals surface area contributed by atoms with E-state index in [-0.39, 0.29) is 11.5 Å². The fraction of sp³-hybridized carbons (Fsp3) is 0.462. The summed E-state index contributed by atoms with van der Waals surface area (Å²) < 4.78 is 1.26. The van der Waals surface area contributed by atoms with Crippen molar-refractivity contribution in [1.82, 2.24) is 9.66 Å². The fourth-order valence-electron chi connectivity index (χ4n) is 2.60. The van der Waals surface area contributed by atoms with Crippen LogP contribution in [0.2, 0.25) is 0 Å². The van der Waals surface area contributed by atoms with Crippen molar-refractivity contribution in [2.24, 2.45) is 0 Å². The van der Waals surface area contributed by atoms with Crippen molar-refractivity contribution in [1.29, 1.82) is 0 Å². The topological polar surface area (TPSA) is 64.0 Å². The third-order valence-electron chi connectivity index (χ3n) is 3.43. The first kappa shape index (κ1) is 12.3. The maximum absolute atomic E-state index is 12.5. The first-order chi connectivity index (χ1) is 9.08. The number of hydrogen-bond donors (Lipinski definition) is 1. The Morgan fingerprint density at radius 1 is 1.37 bits per heavy atom. The minimum atomic E-state index is -0.268. The van der Waals surface area contributed by atoms with Crippen LogP contribution in [0.3, 0.4) is 0 Å². The number of aryl methyl sites for hydroxylation is 3. The van der Waals surface area contributed by atoms with Gasteiger partial charge in [-0.05, 0) is 38.2 Å². The number of carbonyl (C=O) groups is 1. The van der Waals surface area contributed by atoms with Crippen molar-refractivity contribution >= 4 is 27.5 Å². The number of nitrogens with zero attached hydrogens (tertiary/aromatic N) is 2. The van der Waals surface area contributed by atoms with E-state index < -0.39 is 0 Å². The summed E-state index contributed by atoms with van der Waals surface area (Å²) in [5.41, 5.74) is 3.52. The van der Waals surface area contributed by atoms with Crippen molar-refractivity contribution < 1.29 is 4.79 Å². The van der Waals surface area contributed by atoms with Gasteiger partial charge in [0.15, 0.2) is 0 Å². The molecule has 0 atom stereocenters. The molecule has 100 valence electrons. The largest absolute Gasteiger partial charge is 0.281 e. The molecule has 2 aromatic rings. The lowest BCUT2D eigenvalue weighted by atomic mass is 9.97. The van der Waals surface area contributed by atoms with E-state index in [4.69, 9.17) is 0 Å². The second-order valence-corrected chi connectivity index (χ2v) is 5.94. The number of aromatic nitrogens is 2. The molecule has 2 aromatic heterocycles. The van der Waals surface area contributed by atoms with Crippen molar-refractivity contribution in [3.05, 3.63) is 26.6 Å². The van der Waals surface area contributed by atoms with Gasteiger partial charge in [0.05, 0.1) is 5.39 Å². The van der Waals surface area contributed by atoms with Crippen LogP contribution in [0, 0.1) is 6.92 Å². The third kappa shape index (κ3) is 1.96. The molecular weight excluding hydrogens is 262 g/mol. The molecule has 0 fully saturated rings. The molecule has 0 aliphatic heterocycles. The number of thiophene rings is 1.